The van der Waals surface area contributed by atoms with E-state index in [1.165, 1.54) is 25.5 Å². The average molecular weight is 398 g/mol. The van der Waals surface area contributed by atoms with Crippen molar-refractivity contribution in [3.8, 4) is 0 Å². The number of nitro benzene ring substituents is 1. The van der Waals surface area contributed by atoms with Gasteiger partial charge in [0.15, 0.2) is 6.10 Å². The number of nitro groups is 1. The number of benzene rings is 2. The Bertz CT molecular complexity index is 882. The molecule has 1 amide bonds. The van der Waals surface area contributed by atoms with E-state index in [2.05, 4.69) is 15.4 Å². The van der Waals surface area contributed by atoms with Gasteiger partial charge < -0.3 is 14.4 Å². The molecule has 29 heavy (non-hydrogen) atoms. The molecule has 0 aromatic heterocycles. The van der Waals surface area contributed by atoms with Gasteiger partial charge in [0.2, 0.25) is 0 Å². The second kappa shape index (κ2) is 9.76. The smallest absolute Gasteiger partial charge is 0.273 e. The van der Waals surface area contributed by atoms with Crippen molar-refractivity contribution in [2.75, 3.05) is 38.3 Å². The monoisotopic (exact) mass is 398 g/mol. The van der Waals surface area contributed by atoms with Crippen molar-refractivity contribution < 1.29 is 19.2 Å². The van der Waals surface area contributed by atoms with Gasteiger partial charge in [-0.1, -0.05) is 30.3 Å². The molecule has 1 saturated heterocycles. The number of morpholine rings is 1. The Labute approximate surface area is 168 Å². The van der Waals surface area contributed by atoms with Crippen molar-refractivity contribution >= 4 is 23.5 Å². The number of hydrogen-bond acceptors (Lipinski definition) is 7. The molecule has 1 fully saturated rings. The zero-order valence-corrected chi connectivity index (χ0v) is 16.0. The fourth-order valence-corrected chi connectivity index (χ4v) is 3.10. The Balaban J connectivity index is 1.78. The number of hydrazone groups is 1. The van der Waals surface area contributed by atoms with Crippen molar-refractivity contribution in [2.45, 2.75) is 6.10 Å². The molecule has 3 rings (SSSR count). The van der Waals surface area contributed by atoms with E-state index in [-0.39, 0.29) is 5.69 Å². The van der Waals surface area contributed by atoms with E-state index >= 15 is 0 Å². The van der Waals surface area contributed by atoms with Gasteiger partial charge in [0.25, 0.3) is 11.6 Å². The number of nitrogens with zero attached hydrogens (tertiary/aromatic N) is 3. The molecule has 0 radical (unpaired) electrons. The van der Waals surface area contributed by atoms with Crippen LogP contribution in [0.1, 0.15) is 17.2 Å². The van der Waals surface area contributed by atoms with Crippen LogP contribution in [0.4, 0.5) is 11.4 Å². The minimum absolute atomic E-state index is 0.0474. The number of non-ortho nitro benzene ring substituents is 1. The predicted octanol–water partition coefficient (Wildman–Crippen LogP) is 2.27. The van der Waals surface area contributed by atoms with Gasteiger partial charge in [-0.15, -0.1) is 0 Å². The van der Waals surface area contributed by atoms with Crippen LogP contribution in [0, 0.1) is 10.1 Å². The molecule has 152 valence electrons. The van der Waals surface area contributed by atoms with Crippen LogP contribution < -0.4 is 10.3 Å². The van der Waals surface area contributed by atoms with E-state index in [0.717, 1.165) is 5.69 Å². The highest BCUT2D eigenvalue weighted by Crippen LogP contribution is 2.25. The SMILES string of the molecule is CO[C@@H](C(=O)N/N=C\c1cc([N+](=O)[O-])ccc1N1CCOCC1)c1ccccc1. The summed E-state index contributed by atoms with van der Waals surface area (Å²) in [5.41, 5.74) is 4.44. The second-order valence-corrected chi connectivity index (χ2v) is 6.36. The highest BCUT2D eigenvalue weighted by Gasteiger charge is 2.20. The standard InChI is InChI=1S/C20H22N4O5/c1-28-19(15-5-3-2-4-6-15)20(25)22-21-14-16-13-17(24(26)27)7-8-18(16)23-9-11-29-12-10-23/h2-8,13-14,19H,9-12H2,1H3,(H,22,25)/b21-14-/t19-/m1/s1. The molecule has 1 N–H and O–H groups in total. The van der Waals surface area contributed by atoms with Crippen molar-refractivity contribution in [1.82, 2.24) is 5.43 Å². The topological polar surface area (TPSA) is 106 Å². The van der Waals surface area contributed by atoms with Crippen LogP contribution in [0.3, 0.4) is 0 Å². The summed E-state index contributed by atoms with van der Waals surface area (Å²) in [7, 11) is 1.44. The zero-order chi connectivity index (χ0) is 20.6. The van der Waals surface area contributed by atoms with E-state index in [0.29, 0.717) is 37.4 Å². The Morgan fingerprint density at radius 2 is 2.00 bits per heavy atom. The third-order valence-electron chi connectivity index (χ3n) is 4.53. The van der Waals surface area contributed by atoms with Gasteiger partial charge in [0, 0.05) is 43.6 Å². The fourth-order valence-electron chi connectivity index (χ4n) is 3.10. The molecule has 0 saturated carbocycles. The first kappa shape index (κ1) is 20.4. The largest absolute Gasteiger partial charge is 0.378 e. The zero-order valence-electron chi connectivity index (χ0n) is 16.0. The van der Waals surface area contributed by atoms with E-state index in [4.69, 9.17) is 9.47 Å². The molecule has 9 nitrogen and oxygen atoms in total. The van der Waals surface area contributed by atoms with Gasteiger partial charge in [-0.2, -0.15) is 5.10 Å². The summed E-state index contributed by atoms with van der Waals surface area (Å²) < 4.78 is 10.6. The summed E-state index contributed by atoms with van der Waals surface area (Å²) >= 11 is 0. The van der Waals surface area contributed by atoms with E-state index < -0.39 is 16.9 Å². The Morgan fingerprint density at radius 1 is 1.28 bits per heavy atom. The van der Waals surface area contributed by atoms with Crippen LogP contribution in [0.2, 0.25) is 0 Å². The van der Waals surface area contributed by atoms with Crippen molar-refractivity contribution in [3.63, 3.8) is 0 Å². The van der Waals surface area contributed by atoms with E-state index in [1.807, 2.05) is 18.2 Å². The maximum Gasteiger partial charge on any atom is 0.273 e. The van der Waals surface area contributed by atoms with Crippen molar-refractivity contribution in [1.29, 1.82) is 0 Å². The lowest BCUT2D eigenvalue weighted by atomic mass is 10.1. The molecule has 9 heteroatoms. The predicted molar refractivity (Wildman–Crippen MR) is 108 cm³/mol. The molecule has 0 bridgehead atoms. The minimum Gasteiger partial charge on any atom is -0.378 e. The molecule has 0 aliphatic carbocycles. The minimum atomic E-state index is -0.808. The molecular weight excluding hydrogens is 376 g/mol. The number of ether oxygens (including phenoxy) is 2. The fraction of sp³-hybridized carbons (Fsp3) is 0.300. The number of amides is 1. The third kappa shape index (κ3) is 5.15. The molecule has 1 heterocycles. The van der Waals surface area contributed by atoms with Gasteiger partial charge in [0.1, 0.15) is 0 Å². The van der Waals surface area contributed by atoms with Crippen LogP contribution in [0.15, 0.2) is 53.6 Å². The molecule has 0 spiro atoms. The normalized spacial score (nSPS) is 15.3. The average Bonchev–Trinajstić information content (AvgIpc) is 2.75. The summed E-state index contributed by atoms with van der Waals surface area (Å²) in [5.74, 6) is -0.437. The quantitative estimate of drug-likeness (QED) is 0.436. The number of carbonyl (C=O) groups excluding carboxylic acids is 1. The van der Waals surface area contributed by atoms with Gasteiger partial charge in [-0.3, -0.25) is 14.9 Å². The number of hydrogen-bond donors (Lipinski definition) is 1. The lowest BCUT2D eigenvalue weighted by molar-refractivity contribution is -0.384. The van der Waals surface area contributed by atoms with Gasteiger partial charge >= 0.3 is 0 Å². The maximum atomic E-state index is 12.4. The molecule has 2 aromatic carbocycles. The summed E-state index contributed by atoms with van der Waals surface area (Å²) in [6, 6.07) is 13.6. The Kier molecular flexibility index (Phi) is 6.88. The maximum absolute atomic E-state index is 12.4. The summed E-state index contributed by atoms with van der Waals surface area (Å²) in [4.78, 5) is 25.2. The first-order chi connectivity index (χ1) is 14.1. The first-order valence-electron chi connectivity index (χ1n) is 9.12. The van der Waals surface area contributed by atoms with E-state index in [9.17, 15) is 14.9 Å². The first-order valence-corrected chi connectivity index (χ1v) is 9.12. The number of carbonyl (C=O) groups is 1. The number of methoxy groups -OCH3 is 1. The highest BCUT2D eigenvalue weighted by molar-refractivity contribution is 5.90. The number of nitrogens with one attached hydrogen (secondary N) is 1. The van der Waals surface area contributed by atoms with Crippen LogP contribution in [0.25, 0.3) is 0 Å². The number of rotatable bonds is 7. The molecule has 1 atom stereocenters. The summed E-state index contributed by atoms with van der Waals surface area (Å²) in [6.45, 7) is 2.50. The van der Waals surface area contributed by atoms with Crippen molar-refractivity contribution in [2.24, 2.45) is 5.10 Å². The lowest BCUT2D eigenvalue weighted by Gasteiger charge is -2.29. The van der Waals surface area contributed by atoms with Crippen LogP contribution >= 0.6 is 0 Å². The van der Waals surface area contributed by atoms with Gasteiger partial charge in [0.05, 0.1) is 24.4 Å². The second-order valence-electron chi connectivity index (χ2n) is 6.36. The molecule has 2 aromatic rings. The molecular formula is C20H22N4O5. The number of anilines is 1. The van der Waals surface area contributed by atoms with Crippen LogP contribution in [0.5, 0.6) is 0 Å². The Hall–Kier alpha value is -3.30. The van der Waals surface area contributed by atoms with Crippen molar-refractivity contribution in [3.05, 3.63) is 69.8 Å². The van der Waals surface area contributed by atoms with E-state index in [1.54, 1.807) is 18.2 Å². The molecule has 1 aliphatic rings. The molecule has 0 unspecified atom stereocenters. The highest BCUT2D eigenvalue weighted by atomic mass is 16.6. The van der Waals surface area contributed by atoms with Crippen LogP contribution in [-0.4, -0.2) is 50.5 Å². The third-order valence-corrected chi connectivity index (χ3v) is 4.53. The summed E-state index contributed by atoms with van der Waals surface area (Å²) in [6.07, 6.45) is 0.602. The van der Waals surface area contributed by atoms with Crippen LogP contribution in [-0.2, 0) is 14.3 Å². The lowest BCUT2D eigenvalue weighted by Crippen LogP contribution is -2.36. The van der Waals surface area contributed by atoms with Gasteiger partial charge in [-0.05, 0) is 11.6 Å². The van der Waals surface area contributed by atoms with Gasteiger partial charge in [-0.25, -0.2) is 5.43 Å². The summed E-state index contributed by atoms with van der Waals surface area (Å²) in [5, 5.41) is 15.2. The Morgan fingerprint density at radius 3 is 2.66 bits per heavy atom. The molecule has 1 aliphatic heterocycles.